The summed E-state index contributed by atoms with van der Waals surface area (Å²) in [4.78, 5) is 4.56. The monoisotopic (exact) mass is 225 g/mol. The van der Waals surface area contributed by atoms with Crippen molar-refractivity contribution in [2.24, 2.45) is 4.99 Å². The SMILES string of the molecule is C/C=N\C(=C(\C)CC)C(CC)(CC)OCC. The van der Waals surface area contributed by atoms with Crippen LogP contribution in [0.4, 0.5) is 0 Å². The van der Waals surface area contributed by atoms with Gasteiger partial charge in [0.1, 0.15) is 5.60 Å². The second-order valence-corrected chi connectivity index (χ2v) is 4.00. The van der Waals surface area contributed by atoms with Gasteiger partial charge in [0.25, 0.3) is 0 Å². The van der Waals surface area contributed by atoms with E-state index in [0.717, 1.165) is 31.6 Å². The van der Waals surface area contributed by atoms with Crippen LogP contribution in [-0.4, -0.2) is 18.4 Å². The quantitative estimate of drug-likeness (QED) is 0.590. The van der Waals surface area contributed by atoms with Crippen molar-refractivity contribution < 1.29 is 4.74 Å². The minimum Gasteiger partial charge on any atom is -0.369 e. The van der Waals surface area contributed by atoms with Crippen LogP contribution in [0.3, 0.4) is 0 Å². The van der Waals surface area contributed by atoms with Crippen LogP contribution in [0.1, 0.15) is 60.8 Å². The predicted molar refractivity (Wildman–Crippen MR) is 72.1 cm³/mol. The molecule has 16 heavy (non-hydrogen) atoms. The summed E-state index contributed by atoms with van der Waals surface area (Å²) in [6.45, 7) is 13.4. The first kappa shape index (κ1) is 15.4. The molecule has 0 N–H and O–H groups in total. The Hall–Kier alpha value is -0.630. The molecule has 0 aromatic rings. The first-order chi connectivity index (χ1) is 7.61. The minimum atomic E-state index is -0.193. The highest BCUT2D eigenvalue weighted by Crippen LogP contribution is 2.33. The number of rotatable bonds is 7. The molecular weight excluding hydrogens is 198 g/mol. The van der Waals surface area contributed by atoms with Crippen molar-refractivity contribution in [1.82, 2.24) is 0 Å². The maximum absolute atomic E-state index is 5.99. The third-order valence-electron chi connectivity index (χ3n) is 3.19. The van der Waals surface area contributed by atoms with Crippen LogP contribution in [0.15, 0.2) is 16.3 Å². The third-order valence-corrected chi connectivity index (χ3v) is 3.19. The van der Waals surface area contributed by atoms with Gasteiger partial charge in [0.2, 0.25) is 0 Å². The van der Waals surface area contributed by atoms with Crippen LogP contribution in [0.5, 0.6) is 0 Å². The average molecular weight is 225 g/mol. The Bertz CT molecular complexity index is 249. The maximum atomic E-state index is 5.99. The summed E-state index contributed by atoms with van der Waals surface area (Å²) in [5.74, 6) is 0. The van der Waals surface area contributed by atoms with Gasteiger partial charge < -0.3 is 4.74 Å². The van der Waals surface area contributed by atoms with Gasteiger partial charge in [0.15, 0.2) is 0 Å². The molecule has 2 nitrogen and oxygen atoms in total. The molecule has 0 aliphatic carbocycles. The Morgan fingerprint density at radius 3 is 2.06 bits per heavy atom. The van der Waals surface area contributed by atoms with Crippen molar-refractivity contribution >= 4 is 6.21 Å². The molecule has 0 rings (SSSR count). The molecule has 0 aliphatic rings. The number of allylic oxidation sites excluding steroid dienone is 1. The highest BCUT2D eigenvalue weighted by Gasteiger charge is 2.32. The van der Waals surface area contributed by atoms with Crippen molar-refractivity contribution in [1.29, 1.82) is 0 Å². The van der Waals surface area contributed by atoms with E-state index in [4.69, 9.17) is 4.74 Å². The van der Waals surface area contributed by atoms with Crippen molar-refractivity contribution in [3.05, 3.63) is 11.3 Å². The molecule has 0 unspecified atom stereocenters. The maximum Gasteiger partial charge on any atom is 0.109 e. The number of hydrogen-bond acceptors (Lipinski definition) is 2. The number of nitrogens with zero attached hydrogens (tertiary/aromatic N) is 1. The summed E-state index contributed by atoms with van der Waals surface area (Å²) < 4.78 is 5.99. The van der Waals surface area contributed by atoms with Crippen molar-refractivity contribution in [2.45, 2.75) is 66.4 Å². The topological polar surface area (TPSA) is 21.6 Å². The number of hydrogen-bond donors (Lipinski definition) is 0. The standard InChI is InChI=1S/C14H27NO/c1-7-12(6)13(15-10-4)14(8-2,9-3)16-11-5/h10H,7-9,11H2,1-6H3/b13-12-,15-10-. The summed E-state index contributed by atoms with van der Waals surface area (Å²) in [6.07, 6.45) is 4.85. The molecule has 0 amide bonds. The van der Waals surface area contributed by atoms with E-state index in [0.29, 0.717) is 0 Å². The largest absolute Gasteiger partial charge is 0.369 e. The second-order valence-electron chi connectivity index (χ2n) is 4.00. The zero-order valence-electron chi connectivity index (χ0n) is 11.8. The van der Waals surface area contributed by atoms with Gasteiger partial charge in [-0.2, -0.15) is 0 Å². The van der Waals surface area contributed by atoms with Crippen molar-refractivity contribution in [2.75, 3.05) is 6.61 Å². The fourth-order valence-electron chi connectivity index (χ4n) is 2.05. The van der Waals surface area contributed by atoms with E-state index < -0.39 is 0 Å². The Kier molecular flexibility index (Phi) is 7.31. The molecule has 0 saturated carbocycles. The zero-order valence-corrected chi connectivity index (χ0v) is 11.8. The van der Waals surface area contributed by atoms with Gasteiger partial charge in [0, 0.05) is 12.8 Å². The van der Waals surface area contributed by atoms with E-state index in [1.165, 1.54) is 5.57 Å². The molecule has 2 heteroatoms. The molecule has 0 aromatic carbocycles. The molecule has 0 aliphatic heterocycles. The van der Waals surface area contributed by atoms with Crippen LogP contribution < -0.4 is 0 Å². The van der Waals surface area contributed by atoms with Crippen LogP contribution in [0, 0.1) is 0 Å². The zero-order chi connectivity index (χ0) is 12.6. The van der Waals surface area contributed by atoms with Gasteiger partial charge in [-0.3, -0.25) is 4.99 Å². The van der Waals surface area contributed by atoms with E-state index in [2.05, 4.69) is 39.6 Å². The van der Waals surface area contributed by atoms with Crippen LogP contribution >= 0.6 is 0 Å². The Morgan fingerprint density at radius 1 is 1.19 bits per heavy atom. The lowest BCUT2D eigenvalue weighted by Gasteiger charge is -2.33. The van der Waals surface area contributed by atoms with Gasteiger partial charge in [-0.1, -0.05) is 20.8 Å². The first-order valence-electron chi connectivity index (χ1n) is 6.44. The molecule has 0 radical (unpaired) electrons. The predicted octanol–water partition coefficient (Wildman–Crippen LogP) is 4.36. The summed E-state index contributed by atoms with van der Waals surface area (Å²) in [7, 11) is 0. The van der Waals surface area contributed by atoms with Crippen LogP contribution in [0.2, 0.25) is 0 Å². The minimum absolute atomic E-state index is 0.193. The molecule has 0 fully saturated rings. The molecule has 0 bridgehead atoms. The highest BCUT2D eigenvalue weighted by atomic mass is 16.5. The summed E-state index contributed by atoms with van der Waals surface area (Å²) in [5.41, 5.74) is 2.26. The molecule has 0 aromatic heterocycles. The molecule has 0 heterocycles. The van der Waals surface area contributed by atoms with E-state index in [-0.39, 0.29) is 5.60 Å². The molecular formula is C14H27NO. The van der Waals surface area contributed by atoms with Crippen LogP contribution in [0.25, 0.3) is 0 Å². The Morgan fingerprint density at radius 2 is 1.75 bits per heavy atom. The number of aliphatic imine (C=N–C) groups is 1. The normalized spacial score (nSPS) is 14.4. The van der Waals surface area contributed by atoms with Gasteiger partial charge in [-0.05, 0) is 45.6 Å². The average Bonchev–Trinajstić information content (AvgIpc) is 2.32. The molecule has 0 saturated heterocycles. The lowest BCUT2D eigenvalue weighted by molar-refractivity contribution is -0.0174. The van der Waals surface area contributed by atoms with E-state index in [9.17, 15) is 0 Å². The molecule has 94 valence electrons. The Balaban J connectivity index is 5.42. The molecule has 0 atom stereocenters. The van der Waals surface area contributed by atoms with E-state index >= 15 is 0 Å². The molecule has 0 spiro atoms. The van der Waals surface area contributed by atoms with Gasteiger partial charge in [-0.25, -0.2) is 0 Å². The summed E-state index contributed by atoms with van der Waals surface area (Å²) >= 11 is 0. The lowest BCUT2D eigenvalue weighted by atomic mass is 9.89. The Labute approximate surface area is 101 Å². The lowest BCUT2D eigenvalue weighted by Crippen LogP contribution is -2.34. The number of ether oxygens (including phenoxy) is 1. The fourth-order valence-corrected chi connectivity index (χ4v) is 2.05. The van der Waals surface area contributed by atoms with Gasteiger partial charge in [-0.15, -0.1) is 0 Å². The fraction of sp³-hybridized carbons (Fsp3) is 0.786. The highest BCUT2D eigenvalue weighted by molar-refractivity contribution is 5.56. The van der Waals surface area contributed by atoms with Gasteiger partial charge >= 0.3 is 0 Å². The van der Waals surface area contributed by atoms with Crippen molar-refractivity contribution in [3.8, 4) is 0 Å². The van der Waals surface area contributed by atoms with E-state index in [1.807, 2.05) is 13.1 Å². The smallest absolute Gasteiger partial charge is 0.109 e. The second kappa shape index (κ2) is 7.61. The van der Waals surface area contributed by atoms with Crippen LogP contribution in [-0.2, 0) is 4.74 Å². The third kappa shape index (κ3) is 3.44. The van der Waals surface area contributed by atoms with Gasteiger partial charge in [0.05, 0.1) is 5.70 Å². The first-order valence-corrected chi connectivity index (χ1v) is 6.44. The summed E-state index contributed by atoms with van der Waals surface area (Å²) in [5, 5.41) is 0. The summed E-state index contributed by atoms with van der Waals surface area (Å²) in [6, 6.07) is 0. The van der Waals surface area contributed by atoms with Crippen molar-refractivity contribution in [3.63, 3.8) is 0 Å². The van der Waals surface area contributed by atoms with E-state index in [1.54, 1.807) is 0 Å².